The number of anilines is 1. The molecule has 0 unspecified atom stereocenters. The molecule has 33 heavy (non-hydrogen) atoms. The van der Waals surface area contributed by atoms with Crippen LogP contribution in [0.1, 0.15) is 0 Å². The molecule has 1 amide bonds. The monoisotopic (exact) mass is 462 g/mol. The lowest BCUT2D eigenvalue weighted by molar-refractivity contribution is -0.113. The summed E-state index contributed by atoms with van der Waals surface area (Å²) in [5.41, 5.74) is 1.83. The minimum Gasteiger partial charge on any atom is -0.349 e. The van der Waals surface area contributed by atoms with Crippen molar-refractivity contribution >= 4 is 45.3 Å². The maximum atomic E-state index is 13.9. The molecule has 0 saturated heterocycles. The van der Waals surface area contributed by atoms with Gasteiger partial charge in [-0.2, -0.15) is 0 Å². The smallest absolute Gasteiger partial charge is 0.283 e. The lowest BCUT2D eigenvalue weighted by Crippen LogP contribution is -2.23. The number of fused-ring (bicyclic) bond motifs is 3. The third-order valence-electron chi connectivity index (χ3n) is 5.05. The molecule has 164 valence electrons. The van der Waals surface area contributed by atoms with Gasteiger partial charge >= 0.3 is 0 Å². The number of nitrogens with one attached hydrogen (secondary N) is 2. The fourth-order valence-corrected chi connectivity index (χ4v) is 4.36. The molecule has 0 aliphatic heterocycles. The van der Waals surface area contributed by atoms with Gasteiger partial charge in [-0.1, -0.05) is 48.2 Å². The summed E-state index contributed by atoms with van der Waals surface area (Å²) < 4.78 is 28.4. The second kappa shape index (κ2) is 8.51. The Morgan fingerprint density at radius 1 is 1.03 bits per heavy atom. The molecule has 3 aromatic carbocycles. The normalized spacial score (nSPS) is 11.2. The summed E-state index contributed by atoms with van der Waals surface area (Å²) in [7, 11) is 0. The van der Waals surface area contributed by atoms with Crippen molar-refractivity contribution in [2.75, 3.05) is 11.1 Å². The highest BCUT2D eigenvalue weighted by molar-refractivity contribution is 7.99. The lowest BCUT2D eigenvalue weighted by atomic mass is 10.2. The number of halogens is 2. The summed E-state index contributed by atoms with van der Waals surface area (Å²) in [5, 5.41) is 3.53. The Bertz CT molecular complexity index is 1560. The summed E-state index contributed by atoms with van der Waals surface area (Å²) >= 11 is 1.05. The summed E-state index contributed by atoms with van der Waals surface area (Å²) in [6.07, 6.45) is 0. The van der Waals surface area contributed by atoms with Crippen LogP contribution in [-0.2, 0) is 4.79 Å². The molecular formula is C24H16F2N4O2S. The molecule has 6 nitrogen and oxygen atoms in total. The van der Waals surface area contributed by atoms with Crippen molar-refractivity contribution in [3.8, 4) is 5.69 Å². The van der Waals surface area contributed by atoms with Crippen molar-refractivity contribution in [2.45, 2.75) is 5.16 Å². The Kier molecular flexibility index (Phi) is 5.39. The van der Waals surface area contributed by atoms with Gasteiger partial charge in [0.25, 0.3) is 5.56 Å². The summed E-state index contributed by atoms with van der Waals surface area (Å²) in [6.45, 7) is 0. The first kappa shape index (κ1) is 20.9. The van der Waals surface area contributed by atoms with E-state index in [0.29, 0.717) is 27.9 Å². The minimum absolute atomic E-state index is 0.123. The number of benzene rings is 3. The predicted octanol–water partition coefficient (Wildman–Crippen LogP) is 4.88. The molecule has 0 fully saturated rings. The highest BCUT2D eigenvalue weighted by atomic mass is 32.2. The zero-order chi connectivity index (χ0) is 22.9. The molecule has 0 radical (unpaired) electrons. The van der Waals surface area contributed by atoms with Gasteiger partial charge in [0.15, 0.2) is 5.16 Å². The fourth-order valence-electron chi connectivity index (χ4n) is 3.55. The van der Waals surface area contributed by atoms with Crippen molar-refractivity contribution in [3.05, 3.63) is 94.8 Å². The van der Waals surface area contributed by atoms with E-state index in [1.165, 1.54) is 4.57 Å². The third kappa shape index (κ3) is 3.98. The van der Waals surface area contributed by atoms with Gasteiger partial charge in [-0.15, -0.1) is 0 Å². The number of hydrogen-bond donors (Lipinski definition) is 2. The van der Waals surface area contributed by atoms with Crippen molar-refractivity contribution in [1.29, 1.82) is 0 Å². The summed E-state index contributed by atoms with van der Waals surface area (Å²) in [6, 6.07) is 19.3. The minimum atomic E-state index is -0.868. The largest absolute Gasteiger partial charge is 0.349 e. The van der Waals surface area contributed by atoms with Crippen LogP contribution in [0.25, 0.3) is 27.6 Å². The highest BCUT2D eigenvalue weighted by Gasteiger charge is 2.18. The molecule has 0 aliphatic carbocycles. The Hall–Kier alpha value is -3.98. The van der Waals surface area contributed by atoms with Gasteiger partial charge in [0, 0.05) is 17.0 Å². The van der Waals surface area contributed by atoms with Gasteiger partial charge in [0.1, 0.15) is 22.7 Å². The van der Waals surface area contributed by atoms with Crippen LogP contribution < -0.4 is 10.9 Å². The van der Waals surface area contributed by atoms with E-state index in [2.05, 4.69) is 10.3 Å². The molecule has 5 rings (SSSR count). The number of carbonyl (C=O) groups excluding carboxylic acids is 1. The van der Waals surface area contributed by atoms with Crippen LogP contribution in [0.2, 0.25) is 0 Å². The van der Waals surface area contributed by atoms with Crippen molar-refractivity contribution in [2.24, 2.45) is 0 Å². The molecule has 2 aromatic heterocycles. The quantitative estimate of drug-likeness (QED) is 0.288. The van der Waals surface area contributed by atoms with E-state index in [1.807, 2.05) is 30.3 Å². The Labute approximate surface area is 190 Å². The first-order valence-electron chi connectivity index (χ1n) is 9.98. The van der Waals surface area contributed by atoms with Crippen LogP contribution in [-0.4, -0.2) is 26.2 Å². The first-order valence-corrected chi connectivity index (χ1v) is 11.0. The fraction of sp³-hybridized carbons (Fsp3) is 0.0417. The van der Waals surface area contributed by atoms with E-state index in [0.717, 1.165) is 34.8 Å². The maximum Gasteiger partial charge on any atom is 0.283 e. The van der Waals surface area contributed by atoms with Crippen molar-refractivity contribution < 1.29 is 13.6 Å². The number of H-pyrrole nitrogens is 1. The lowest BCUT2D eigenvalue weighted by Gasteiger charge is -2.12. The van der Waals surface area contributed by atoms with Crippen LogP contribution in [0, 0.1) is 11.6 Å². The number of rotatable bonds is 5. The molecule has 5 aromatic rings. The van der Waals surface area contributed by atoms with E-state index in [1.54, 1.807) is 24.3 Å². The molecule has 2 N–H and O–H groups in total. The molecule has 0 bridgehead atoms. The van der Waals surface area contributed by atoms with E-state index in [9.17, 15) is 18.4 Å². The molecule has 9 heteroatoms. The number of aromatic amines is 1. The number of amides is 1. The van der Waals surface area contributed by atoms with Crippen LogP contribution >= 0.6 is 11.8 Å². The number of aromatic nitrogens is 3. The third-order valence-corrected chi connectivity index (χ3v) is 5.98. The molecule has 0 saturated carbocycles. The van der Waals surface area contributed by atoms with Crippen LogP contribution in [0.15, 0.2) is 82.7 Å². The standard InChI is InChI=1S/C24H16F2N4O2S/c25-14-10-11-19(17(26)12-14)27-20(31)13-33-24-29-21-16-8-4-5-9-18(16)28-22(21)23(32)30(24)15-6-2-1-3-7-15/h1-12,28H,13H2,(H,27,31). The highest BCUT2D eigenvalue weighted by Crippen LogP contribution is 2.26. The molecule has 0 spiro atoms. The zero-order valence-electron chi connectivity index (χ0n) is 17.0. The number of para-hydroxylation sites is 2. The van der Waals surface area contributed by atoms with E-state index < -0.39 is 17.5 Å². The van der Waals surface area contributed by atoms with Gasteiger partial charge in [0.05, 0.1) is 17.1 Å². The number of hydrogen-bond acceptors (Lipinski definition) is 4. The van der Waals surface area contributed by atoms with Crippen LogP contribution in [0.3, 0.4) is 0 Å². The topological polar surface area (TPSA) is 79.8 Å². The Balaban J connectivity index is 1.54. The average Bonchev–Trinajstić information content (AvgIpc) is 3.19. The number of carbonyl (C=O) groups is 1. The number of nitrogens with zero attached hydrogens (tertiary/aromatic N) is 2. The van der Waals surface area contributed by atoms with E-state index in [4.69, 9.17) is 4.98 Å². The second-order valence-electron chi connectivity index (χ2n) is 7.23. The second-order valence-corrected chi connectivity index (χ2v) is 8.17. The van der Waals surface area contributed by atoms with Crippen molar-refractivity contribution in [1.82, 2.24) is 14.5 Å². The van der Waals surface area contributed by atoms with Gasteiger partial charge in [-0.3, -0.25) is 14.2 Å². The van der Waals surface area contributed by atoms with Gasteiger partial charge in [-0.05, 0) is 30.3 Å². The van der Waals surface area contributed by atoms with E-state index >= 15 is 0 Å². The van der Waals surface area contributed by atoms with Gasteiger partial charge in [-0.25, -0.2) is 13.8 Å². The van der Waals surface area contributed by atoms with Crippen molar-refractivity contribution in [3.63, 3.8) is 0 Å². The predicted molar refractivity (Wildman–Crippen MR) is 125 cm³/mol. The van der Waals surface area contributed by atoms with Gasteiger partial charge in [0.2, 0.25) is 5.91 Å². The molecule has 0 atom stereocenters. The van der Waals surface area contributed by atoms with E-state index in [-0.39, 0.29) is 17.0 Å². The zero-order valence-corrected chi connectivity index (χ0v) is 17.8. The first-order chi connectivity index (χ1) is 16.0. The van der Waals surface area contributed by atoms with Gasteiger partial charge < -0.3 is 10.3 Å². The molecular weight excluding hydrogens is 446 g/mol. The SMILES string of the molecule is O=C(CSc1nc2c([nH]c3ccccc32)c(=O)n1-c1ccccc1)Nc1ccc(F)cc1F. The average molecular weight is 462 g/mol. The summed E-state index contributed by atoms with van der Waals surface area (Å²) in [5.74, 6) is -2.25. The van der Waals surface area contributed by atoms with Crippen LogP contribution in [0.4, 0.5) is 14.5 Å². The number of thioether (sulfide) groups is 1. The van der Waals surface area contributed by atoms with Crippen LogP contribution in [0.5, 0.6) is 0 Å². The Morgan fingerprint density at radius 2 is 1.79 bits per heavy atom. The molecule has 2 heterocycles. The molecule has 0 aliphatic rings. The maximum absolute atomic E-state index is 13.9. The Morgan fingerprint density at radius 3 is 2.58 bits per heavy atom. The summed E-state index contributed by atoms with van der Waals surface area (Å²) in [4.78, 5) is 33.7.